The standard InChI is InChI=1S/C51H82O6/c1-4-7-10-13-16-19-21-23-24-25-26-27-28-30-32-35-38-41-44-50(53)56-47-48(46-55-49(52)43-40-37-34-31-18-15-12-9-6-3)57-51(54)45-42-39-36-33-29-22-20-17-14-11-8-5-2/h8-9,11-12,17-18,20,24-27,29,31,33,37,40,48H,4-7,10,13-16,19,21-23,28,30,32,34-36,38-39,41-47H2,1-3H3/b11-8-,12-9-,20-17-,25-24-,27-26-,31-18-,33-29-,40-37-. The molecule has 0 spiro atoms. The molecule has 1 unspecified atom stereocenters. The van der Waals surface area contributed by atoms with Gasteiger partial charge in [0.15, 0.2) is 6.10 Å². The highest BCUT2D eigenvalue weighted by Crippen LogP contribution is 2.11. The van der Waals surface area contributed by atoms with Gasteiger partial charge in [-0.15, -0.1) is 0 Å². The Bertz CT molecular complexity index is 1180. The number of ether oxygens (including phenoxy) is 3. The van der Waals surface area contributed by atoms with Crippen LogP contribution in [0.3, 0.4) is 0 Å². The van der Waals surface area contributed by atoms with Crippen molar-refractivity contribution in [1.29, 1.82) is 0 Å². The molecule has 0 amide bonds. The van der Waals surface area contributed by atoms with Gasteiger partial charge in [-0.05, 0) is 89.9 Å². The monoisotopic (exact) mass is 791 g/mol. The topological polar surface area (TPSA) is 78.9 Å². The fraction of sp³-hybridized carbons (Fsp3) is 0.627. The van der Waals surface area contributed by atoms with Gasteiger partial charge in [-0.25, -0.2) is 0 Å². The van der Waals surface area contributed by atoms with Crippen molar-refractivity contribution in [2.45, 2.75) is 194 Å². The van der Waals surface area contributed by atoms with E-state index in [4.69, 9.17) is 14.2 Å². The zero-order valence-corrected chi connectivity index (χ0v) is 36.6. The Balaban J connectivity index is 4.47. The van der Waals surface area contributed by atoms with Crippen LogP contribution in [-0.4, -0.2) is 37.2 Å². The quantitative estimate of drug-likeness (QED) is 0.0203. The molecule has 0 radical (unpaired) electrons. The summed E-state index contributed by atoms with van der Waals surface area (Å²) in [5.41, 5.74) is 0. The summed E-state index contributed by atoms with van der Waals surface area (Å²) in [5, 5.41) is 0. The molecule has 0 aromatic carbocycles. The molecule has 0 fully saturated rings. The first-order valence-electron chi connectivity index (χ1n) is 22.8. The first-order chi connectivity index (χ1) is 28.0. The highest BCUT2D eigenvalue weighted by atomic mass is 16.6. The molecule has 322 valence electrons. The smallest absolute Gasteiger partial charge is 0.309 e. The molecule has 0 N–H and O–H groups in total. The molecule has 0 aromatic heterocycles. The lowest BCUT2D eigenvalue weighted by Gasteiger charge is -2.18. The van der Waals surface area contributed by atoms with Crippen LogP contribution in [0.1, 0.15) is 188 Å². The van der Waals surface area contributed by atoms with E-state index < -0.39 is 12.1 Å². The average molecular weight is 791 g/mol. The molecule has 0 aliphatic rings. The molecule has 6 heteroatoms. The van der Waals surface area contributed by atoms with Crippen LogP contribution >= 0.6 is 0 Å². The summed E-state index contributed by atoms with van der Waals surface area (Å²) in [6, 6.07) is 0. The molecule has 6 nitrogen and oxygen atoms in total. The molecule has 1 atom stereocenters. The zero-order chi connectivity index (χ0) is 41.5. The van der Waals surface area contributed by atoms with Crippen LogP contribution in [0.15, 0.2) is 97.2 Å². The summed E-state index contributed by atoms with van der Waals surface area (Å²) < 4.78 is 16.5. The van der Waals surface area contributed by atoms with Crippen molar-refractivity contribution in [1.82, 2.24) is 0 Å². The minimum atomic E-state index is -0.837. The molecule has 0 aliphatic carbocycles. The second-order valence-electron chi connectivity index (χ2n) is 14.6. The Morgan fingerprint density at radius 3 is 1.37 bits per heavy atom. The number of carbonyl (C=O) groups is 3. The van der Waals surface area contributed by atoms with Crippen LogP contribution in [0.5, 0.6) is 0 Å². The Morgan fingerprint density at radius 1 is 0.404 bits per heavy atom. The molecule has 0 rings (SSSR count). The number of allylic oxidation sites excluding steroid dienone is 15. The number of unbranched alkanes of at least 4 members (excludes halogenated alkanes) is 14. The highest BCUT2D eigenvalue weighted by Gasteiger charge is 2.19. The Labute approximate surface area is 349 Å². The van der Waals surface area contributed by atoms with Gasteiger partial charge in [0.1, 0.15) is 13.2 Å². The van der Waals surface area contributed by atoms with E-state index >= 15 is 0 Å². The van der Waals surface area contributed by atoms with Crippen LogP contribution in [0, 0.1) is 0 Å². The minimum Gasteiger partial charge on any atom is -0.462 e. The summed E-state index contributed by atoms with van der Waals surface area (Å²) in [5.74, 6) is -1.12. The van der Waals surface area contributed by atoms with E-state index in [2.05, 4.69) is 106 Å². The third kappa shape index (κ3) is 43.3. The van der Waals surface area contributed by atoms with Gasteiger partial charge in [-0.1, -0.05) is 176 Å². The van der Waals surface area contributed by atoms with Crippen molar-refractivity contribution in [3.05, 3.63) is 97.2 Å². The Morgan fingerprint density at radius 2 is 0.807 bits per heavy atom. The SMILES string of the molecule is CC/C=C\C/C=C\C/C=C\CCCCC(=O)OC(COC(=O)C/C=C\C/C=C\C/C=C\CC)COC(=O)CCCCCCC/C=C\C=C/CCCCCCCCC. The fourth-order valence-corrected chi connectivity index (χ4v) is 5.74. The van der Waals surface area contributed by atoms with Gasteiger partial charge in [0.2, 0.25) is 0 Å². The van der Waals surface area contributed by atoms with Crippen LogP contribution in [-0.2, 0) is 28.6 Å². The highest BCUT2D eigenvalue weighted by molar-refractivity contribution is 5.72. The lowest BCUT2D eigenvalue weighted by Crippen LogP contribution is -2.30. The number of rotatable bonds is 39. The summed E-state index contributed by atoms with van der Waals surface area (Å²) in [4.78, 5) is 37.6. The maximum Gasteiger partial charge on any atom is 0.309 e. The fourth-order valence-electron chi connectivity index (χ4n) is 5.74. The average Bonchev–Trinajstić information content (AvgIpc) is 3.21. The molecule has 0 aliphatic heterocycles. The van der Waals surface area contributed by atoms with Gasteiger partial charge in [-0.3, -0.25) is 14.4 Å². The molecule has 0 saturated heterocycles. The van der Waals surface area contributed by atoms with E-state index in [0.29, 0.717) is 12.8 Å². The lowest BCUT2D eigenvalue weighted by atomic mass is 10.1. The first kappa shape index (κ1) is 53.3. The van der Waals surface area contributed by atoms with Crippen LogP contribution < -0.4 is 0 Å². The molecule has 0 bridgehead atoms. The van der Waals surface area contributed by atoms with Crippen molar-refractivity contribution in [2.75, 3.05) is 13.2 Å². The number of carbonyl (C=O) groups excluding carboxylic acids is 3. The third-order valence-electron chi connectivity index (χ3n) is 9.11. The number of hydrogen-bond donors (Lipinski definition) is 0. The molecule has 0 aromatic rings. The Kier molecular flexibility index (Phi) is 42.1. The molecule has 0 saturated carbocycles. The van der Waals surface area contributed by atoms with Crippen molar-refractivity contribution >= 4 is 17.9 Å². The van der Waals surface area contributed by atoms with E-state index in [-0.39, 0.29) is 38.0 Å². The largest absolute Gasteiger partial charge is 0.462 e. The van der Waals surface area contributed by atoms with Crippen molar-refractivity contribution < 1.29 is 28.6 Å². The first-order valence-corrected chi connectivity index (χ1v) is 22.8. The van der Waals surface area contributed by atoms with Crippen LogP contribution in [0.25, 0.3) is 0 Å². The van der Waals surface area contributed by atoms with Gasteiger partial charge in [0.25, 0.3) is 0 Å². The van der Waals surface area contributed by atoms with E-state index in [1.807, 2.05) is 6.08 Å². The maximum absolute atomic E-state index is 12.7. The van der Waals surface area contributed by atoms with Crippen LogP contribution in [0.4, 0.5) is 0 Å². The Hall–Kier alpha value is -3.67. The van der Waals surface area contributed by atoms with Gasteiger partial charge in [0.05, 0.1) is 6.42 Å². The van der Waals surface area contributed by atoms with E-state index in [1.165, 1.54) is 51.4 Å². The van der Waals surface area contributed by atoms with Crippen molar-refractivity contribution in [2.24, 2.45) is 0 Å². The maximum atomic E-state index is 12.7. The molecule has 0 heterocycles. The van der Waals surface area contributed by atoms with Gasteiger partial charge >= 0.3 is 17.9 Å². The lowest BCUT2D eigenvalue weighted by molar-refractivity contribution is -0.166. The van der Waals surface area contributed by atoms with Crippen LogP contribution in [0.2, 0.25) is 0 Å². The van der Waals surface area contributed by atoms with Gasteiger partial charge in [0, 0.05) is 12.8 Å². The van der Waals surface area contributed by atoms with E-state index in [0.717, 1.165) is 89.9 Å². The van der Waals surface area contributed by atoms with Crippen molar-refractivity contribution in [3.63, 3.8) is 0 Å². The van der Waals surface area contributed by atoms with Gasteiger partial charge < -0.3 is 14.2 Å². The summed E-state index contributed by atoms with van der Waals surface area (Å²) in [6.07, 6.45) is 58.6. The van der Waals surface area contributed by atoms with Gasteiger partial charge in [-0.2, -0.15) is 0 Å². The number of hydrogen-bond acceptors (Lipinski definition) is 6. The predicted octanol–water partition coefficient (Wildman–Crippen LogP) is 14.6. The zero-order valence-electron chi connectivity index (χ0n) is 36.6. The van der Waals surface area contributed by atoms with E-state index in [9.17, 15) is 14.4 Å². The third-order valence-corrected chi connectivity index (χ3v) is 9.11. The predicted molar refractivity (Wildman–Crippen MR) is 242 cm³/mol. The summed E-state index contributed by atoms with van der Waals surface area (Å²) >= 11 is 0. The summed E-state index contributed by atoms with van der Waals surface area (Å²) in [7, 11) is 0. The number of esters is 3. The van der Waals surface area contributed by atoms with Crippen molar-refractivity contribution in [3.8, 4) is 0 Å². The second-order valence-corrected chi connectivity index (χ2v) is 14.6. The molecular weight excluding hydrogens is 709 g/mol. The second kappa shape index (κ2) is 45.0. The summed E-state index contributed by atoms with van der Waals surface area (Å²) in [6.45, 7) is 6.22. The molecule has 57 heavy (non-hydrogen) atoms. The molecular formula is C51H82O6. The minimum absolute atomic E-state index is 0.121. The van der Waals surface area contributed by atoms with E-state index in [1.54, 1.807) is 6.08 Å². The normalized spacial score (nSPS) is 13.0.